The smallest absolute Gasteiger partial charge is 0.335 e. The molecule has 0 unspecified atom stereocenters. The quantitative estimate of drug-likeness (QED) is 0.425. The number of rotatable bonds is 9. The van der Waals surface area contributed by atoms with E-state index in [1.54, 1.807) is 55.5 Å². The van der Waals surface area contributed by atoms with Crippen LogP contribution in [0.3, 0.4) is 0 Å². The number of hydrogen-bond acceptors (Lipinski definition) is 7. The number of ether oxygens (including phenoxy) is 2. The van der Waals surface area contributed by atoms with Crippen molar-refractivity contribution in [3.63, 3.8) is 0 Å². The zero-order valence-corrected chi connectivity index (χ0v) is 21.0. The summed E-state index contributed by atoms with van der Waals surface area (Å²) in [4.78, 5) is 43.6. The van der Waals surface area contributed by atoms with Gasteiger partial charge in [0, 0.05) is 12.1 Å². The summed E-state index contributed by atoms with van der Waals surface area (Å²) >= 11 is 1.22. The number of aliphatic imine (C=N–C) groups is 1. The van der Waals surface area contributed by atoms with Crippen LogP contribution >= 0.6 is 11.8 Å². The Morgan fingerprint density at radius 1 is 1.00 bits per heavy atom. The third-order valence-corrected chi connectivity index (χ3v) is 6.76. The predicted octanol–water partition coefficient (Wildman–Crippen LogP) is 4.56. The number of carboxylic acids is 1. The second kappa shape index (κ2) is 11.6. The Labute approximate surface area is 218 Å². The van der Waals surface area contributed by atoms with E-state index in [2.05, 4.69) is 10.3 Å². The molecule has 1 saturated heterocycles. The normalized spacial score (nSPS) is 16.1. The van der Waals surface area contributed by atoms with Crippen LogP contribution in [0.4, 0.5) is 11.4 Å². The summed E-state index contributed by atoms with van der Waals surface area (Å²) < 4.78 is 10.4. The van der Waals surface area contributed by atoms with Gasteiger partial charge in [-0.15, -0.1) is 0 Å². The summed E-state index contributed by atoms with van der Waals surface area (Å²) in [6.07, 6.45) is -0.0957. The molecule has 1 fully saturated rings. The van der Waals surface area contributed by atoms with Crippen molar-refractivity contribution < 1.29 is 29.0 Å². The molecule has 3 aromatic rings. The number of carbonyl (C=O) groups excluding carboxylic acids is 2. The average molecular weight is 520 g/mol. The van der Waals surface area contributed by atoms with Crippen molar-refractivity contribution in [2.75, 3.05) is 19.5 Å². The number of nitrogens with one attached hydrogen (secondary N) is 1. The van der Waals surface area contributed by atoms with Gasteiger partial charge in [-0.3, -0.25) is 14.5 Å². The van der Waals surface area contributed by atoms with Gasteiger partial charge in [-0.2, -0.15) is 0 Å². The number of amidine groups is 1. The highest BCUT2D eigenvalue weighted by molar-refractivity contribution is 8.15. The van der Waals surface area contributed by atoms with E-state index in [0.717, 1.165) is 5.56 Å². The molecule has 0 bridgehead atoms. The second-order valence-corrected chi connectivity index (χ2v) is 9.28. The monoisotopic (exact) mass is 519 g/mol. The zero-order chi connectivity index (χ0) is 26.4. The first-order chi connectivity index (χ1) is 17.9. The van der Waals surface area contributed by atoms with Crippen molar-refractivity contribution in [3.05, 3.63) is 83.9 Å². The lowest BCUT2D eigenvalue weighted by atomic mass is 10.2. The maximum absolute atomic E-state index is 13.4. The van der Waals surface area contributed by atoms with Gasteiger partial charge < -0.3 is 19.9 Å². The molecule has 0 radical (unpaired) electrons. The molecule has 2 amide bonds. The predicted molar refractivity (Wildman–Crippen MR) is 142 cm³/mol. The molecule has 4 rings (SSSR count). The Balaban J connectivity index is 1.54. The minimum Gasteiger partial charge on any atom is -0.497 e. The van der Waals surface area contributed by atoms with Crippen LogP contribution in [0, 0.1) is 0 Å². The fraction of sp³-hybridized carbons (Fsp3) is 0.185. The molecule has 0 saturated carbocycles. The van der Waals surface area contributed by atoms with E-state index < -0.39 is 17.1 Å². The van der Waals surface area contributed by atoms with Gasteiger partial charge in [-0.25, -0.2) is 9.79 Å². The Morgan fingerprint density at radius 2 is 1.65 bits per heavy atom. The fourth-order valence-corrected chi connectivity index (χ4v) is 4.82. The van der Waals surface area contributed by atoms with Crippen LogP contribution < -0.4 is 14.8 Å². The number of thioether (sulfide) groups is 1. The zero-order valence-electron chi connectivity index (χ0n) is 20.2. The third-order valence-electron chi connectivity index (χ3n) is 5.58. The lowest BCUT2D eigenvalue weighted by molar-refractivity contribution is -0.128. The molecule has 1 atom stereocenters. The van der Waals surface area contributed by atoms with Crippen molar-refractivity contribution in [2.45, 2.75) is 18.2 Å². The fourth-order valence-electron chi connectivity index (χ4n) is 3.66. The molecular formula is C27H25N3O6S. The van der Waals surface area contributed by atoms with Gasteiger partial charge in [0.05, 0.1) is 32.0 Å². The number of carboxylic acid groups (broad SMARTS) is 1. The van der Waals surface area contributed by atoms with Crippen LogP contribution in [0.1, 0.15) is 22.3 Å². The molecule has 0 aliphatic carbocycles. The van der Waals surface area contributed by atoms with Crippen LogP contribution in [0.2, 0.25) is 0 Å². The summed E-state index contributed by atoms with van der Waals surface area (Å²) in [7, 11) is 3.17. The Morgan fingerprint density at radius 3 is 2.27 bits per heavy atom. The van der Waals surface area contributed by atoms with Gasteiger partial charge in [0.2, 0.25) is 11.8 Å². The minimum atomic E-state index is -1.09. The van der Waals surface area contributed by atoms with E-state index in [4.69, 9.17) is 9.47 Å². The Kier molecular flexibility index (Phi) is 8.09. The molecule has 37 heavy (non-hydrogen) atoms. The molecule has 190 valence electrons. The highest BCUT2D eigenvalue weighted by atomic mass is 32.2. The SMILES string of the molecule is COc1ccc(CN2C(=O)[C@H](CC(=O)Nc3cccc(C(=O)O)c3)SC2=Nc2ccc(OC)cc2)cc1. The molecule has 1 heterocycles. The molecule has 3 aromatic carbocycles. The van der Waals surface area contributed by atoms with E-state index in [1.807, 2.05) is 24.3 Å². The lowest BCUT2D eigenvalue weighted by Gasteiger charge is -2.17. The van der Waals surface area contributed by atoms with Gasteiger partial charge >= 0.3 is 5.97 Å². The number of nitrogens with zero attached hydrogens (tertiary/aromatic N) is 2. The van der Waals surface area contributed by atoms with Crippen LogP contribution in [0.25, 0.3) is 0 Å². The number of anilines is 1. The third kappa shape index (κ3) is 6.47. The molecule has 10 heteroatoms. The maximum Gasteiger partial charge on any atom is 0.335 e. The standard InChI is InChI=1S/C27H25N3O6S/c1-35-21-10-6-17(7-11-21)16-30-25(32)23(37-27(30)29-19-8-12-22(36-2)13-9-19)15-24(31)28-20-5-3-4-18(14-20)26(33)34/h3-14,23H,15-16H2,1-2H3,(H,28,31)(H,33,34)/t23-/m0/s1. The lowest BCUT2D eigenvalue weighted by Crippen LogP contribution is -2.33. The number of methoxy groups -OCH3 is 2. The van der Waals surface area contributed by atoms with Crippen molar-refractivity contribution in [2.24, 2.45) is 4.99 Å². The van der Waals surface area contributed by atoms with Crippen LogP contribution in [0.5, 0.6) is 11.5 Å². The van der Waals surface area contributed by atoms with E-state index in [9.17, 15) is 19.5 Å². The molecular weight excluding hydrogens is 494 g/mol. The van der Waals surface area contributed by atoms with E-state index in [1.165, 1.54) is 23.9 Å². The summed E-state index contributed by atoms with van der Waals surface area (Å²) in [6.45, 7) is 0.281. The minimum absolute atomic E-state index is 0.0590. The van der Waals surface area contributed by atoms with Crippen molar-refractivity contribution in [1.82, 2.24) is 4.90 Å². The second-order valence-electron chi connectivity index (χ2n) is 8.11. The number of benzene rings is 3. The van der Waals surface area contributed by atoms with Gasteiger partial charge in [0.15, 0.2) is 5.17 Å². The topological polar surface area (TPSA) is 118 Å². The number of carbonyl (C=O) groups is 3. The molecule has 1 aliphatic heterocycles. The van der Waals surface area contributed by atoms with Gasteiger partial charge in [0.1, 0.15) is 16.7 Å². The Hall–Kier alpha value is -4.31. The van der Waals surface area contributed by atoms with Crippen molar-refractivity contribution >= 4 is 46.1 Å². The van der Waals surface area contributed by atoms with E-state index >= 15 is 0 Å². The Bertz CT molecular complexity index is 1320. The van der Waals surface area contributed by atoms with Crippen molar-refractivity contribution in [1.29, 1.82) is 0 Å². The molecule has 0 spiro atoms. The first kappa shape index (κ1) is 25.8. The number of hydrogen-bond donors (Lipinski definition) is 2. The first-order valence-electron chi connectivity index (χ1n) is 11.3. The number of aromatic carboxylic acids is 1. The maximum atomic E-state index is 13.4. The van der Waals surface area contributed by atoms with E-state index in [-0.39, 0.29) is 24.4 Å². The average Bonchev–Trinajstić information content (AvgIpc) is 3.18. The summed E-state index contributed by atoms with van der Waals surface area (Å²) in [6, 6.07) is 20.5. The molecule has 2 N–H and O–H groups in total. The van der Waals surface area contributed by atoms with Crippen LogP contribution in [-0.2, 0) is 16.1 Å². The summed E-state index contributed by atoms with van der Waals surface area (Å²) in [5.41, 5.74) is 1.94. The van der Waals surface area contributed by atoms with Crippen LogP contribution in [-0.4, -0.2) is 52.4 Å². The van der Waals surface area contributed by atoms with Crippen LogP contribution in [0.15, 0.2) is 77.8 Å². The summed E-state index contributed by atoms with van der Waals surface area (Å²) in [5.74, 6) is -0.326. The number of amides is 2. The summed E-state index contributed by atoms with van der Waals surface area (Å²) in [5, 5.41) is 11.7. The molecule has 9 nitrogen and oxygen atoms in total. The first-order valence-corrected chi connectivity index (χ1v) is 12.2. The largest absolute Gasteiger partial charge is 0.497 e. The van der Waals surface area contributed by atoms with Gasteiger partial charge in [-0.1, -0.05) is 30.0 Å². The van der Waals surface area contributed by atoms with Gasteiger partial charge in [-0.05, 0) is 60.2 Å². The van der Waals surface area contributed by atoms with Gasteiger partial charge in [0.25, 0.3) is 0 Å². The highest BCUT2D eigenvalue weighted by Gasteiger charge is 2.39. The molecule has 0 aromatic heterocycles. The highest BCUT2D eigenvalue weighted by Crippen LogP contribution is 2.33. The molecule has 1 aliphatic rings. The van der Waals surface area contributed by atoms with Crippen molar-refractivity contribution in [3.8, 4) is 11.5 Å². The van der Waals surface area contributed by atoms with E-state index in [0.29, 0.717) is 28.0 Å².